The van der Waals surface area contributed by atoms with Gasteiger partial charge in [0.05, 0.1) is 6.10 Å². The standard InChI is InChI=1S/C16H30N2O/c1-14-12-18(10-4-6-15-7-5-11-19-15)16(13-17-14)8-2-3-9-16/h14-15,17H,2-13H2,1H3. The van der Waals surface area contributed by atoms with Crippen molar-refractivity contribution >= 4 is 0 Å². The highest BCUT2D eigenvalue weighted by Crippen LogP contribution is 2.37. The van der Waals surface area contributed by atoms with E-state index < -0.39 is 0 Å². The van der Waals surface area contributed by atoms with Crippen LogP contribution in [0.2, 0.25) is 0 Å². The molecule has 0 aromatic carbocycles. The van der Waals surface area contributed by atoms with E-state index in [9.17, 15) is 0 Å². The van der Waals surface area contributed by atoms with Crippen LogP contribution in [0.4, 0.5) is 0 Å². The second kappa shape index (κ2) is 6.11. The third kappa shape index (κ3) is 3.14. The van der Waals surface area contributed by atoms with E-state index in [1.54, 1.807) is 0 Å². The van der Waals surface area contributed by atoms with Crippen LogP contribution in [0.25, 0.3) is 0 Å². The average Bonchev–Trinajstić information content (AvgIpc) is 3.06. The highest BCUT2D eigenvalue weighted by Gasteiger charge is 2.42. The fourth-order valence-corrected chi connectivity index (χ4v) is 4.30. The zero-order valence-corrected chi connectivity index (χ0v) is 12.5. The Labute approximate surface area is 118 Å². The monoisotopic (exact) mass is 266 g/mol. The van der Waals surface area contributed by atoms with Crippen molar-refractivity contribution in [1.82, 2.24) is 10.2 Å². The van der Waals surface area contributed by atoms with Crippen molar-refractivity contribution in [2.24, 2.45) is 0 Å². The van der Waals surface area contributed by atoms with Gasteiger partial charge < -0.3 is 10.1 Å². The van der Waals surface area contributed by atoms with Crippen molar-refractivity contribution < 1.29 is 4.74 Å². The van der Waals surface area contributed by atoms with Crippen LogP contribution in [0, 0.1) is 0 Å². The molecule has 2 atom stereocenters. The molecule has 2 unspecified atom stereocenters. The molecule has 3 fully saturated rings. The van der Waals surface area contributed by atoms with Crippen molar-refractivity contribution in [3.05, 3.63) is 0 Å². The lowest BCUT2D eigenvalue weighted by Gasteiger charge is -2.48. The first-order valence-corrected chi connectivity index (χ1v) is 8.39. The van der Waals surface area contributed by atoms with E-state index in [-0.39, 0.29) is 0 Å². The van der Waals surface area contributed by atoms with Gasteiger partial charge in [0.1, 0.15) is 0 Å². The first-order valence-electron chi connectivity index (χ1n) is 8.39. The molecule has 3 heteroatoms. The quantitative estimate of drug-likeness (QED) is 0.846. The smallest absolute Gasteiger partial charge is 0.0576 e. The third-order valence-electron chi connectivity index (χ3n) is 5.46. The lowest BCUT2D eigenvalue weighted by molar-refractivity contribution is 0.0383. The Bertz CT molecular complexity index is 282. The Morgan fingerprint density at radius 3 is 2.84 bits per heavy atom. The van der Waals surface area contributed by atoms with E-state index in [1.165, 1.54) is 71.0 Å². The molecule has 1 saturated carbocycles. The summed E-state index contributed by atoms with van der Waals surface area (Å²) in [7, 11) is 0. The minimum absolute atomic E-state index is 0.503. The molecule has 3 aliphatic rings. The van der Waals surface area contributed by atoms with Gasteiger partial charge in [-0.15, -0.1) is 0 Å². The molecule has 0 radical (unpaired) electrons. The van der Waals surface area contributed by atoms with Crippen LogP contribution in [0.3, 0.4) is 0 Å². The summed E-state index contributed by atoms with van der Waals surface area (Å²) >= 11 is 0. The van der Waals surface area contributed by atoms with Crippen molar-refractivity contribution in [2.75, 3.05) is 26.2 Å². The summed E-state index contributed by atoms with van der Waals surface area (Å²) in [4.78, 5) is 2.82. The number of piperazine rings is 1. The zero-order valence-electron chi connectivity index (χ0n) is 12.5. The second-order valence-electron chi connectivity index (χ2n) is 6.94. The normalized spacial score (nSPS) is 35.2. The zero-order chi connectivity index (χ0) is 13.1. The summed E-state index contributed by atoms with van der Waals surface area (Å²) in [5.41, 5.74) is 0.503. The van der Waals surface area contributed by atoms with E-state index >= 15 is 0 Å². The van der Waals surface area contributed by atoms with Gasteiger partial charge >= 0.3 is 0 Å². The van der Waals surface area contributed by atoms with Gasteiger partial charge in [0.25, 0.3) is 0 Å². The lowest BCUT2D eigenvalue weighted by Crippen LogP contribution is -2.63. The van der Waals surface area contributed by atoms with Gasteiger partial charge in [-0.2, -0.15) is 0 Å². The average molecular weight is 266 g/mol. The van der Waals surface area contributed by atoms with Crippen LogP contribution in [0.1, 0.15) is 58.3 Å². The van der Waals surface area contributed by atoms with Crippen LogP contribution in [0.15, 0.2) is 0 Å². The number of hydrogen-bond donors (Lipinski definition) is 1. The third-order valence-corrected chi connectivity index (χ3v) is 5.46. The molecular formula is C16H30N2O. The molecule has 3 rings (SSSR count). The summed E-state index contributed by atoms with van der Waals surface area (Å²) in [6, 6.07) is 0.661. The van der Waals surface area contributed by atoms with E-state index in [4.69, 9.17) is 4.74 Å². The van der Waals surface area contributed by atoms with Gasteiger partial charge in [-0.1, -0.05) is 12.8 Å². The summed E-state index contributed by atoms with van der Waals surface area (Å²) in [5, 5.41) is 3.71. The van der Waals surface area contributed by atoms with Gasteiger partial charge in [-0.3, -0.25) is 4.90 Å². The summed E-state index contributed by atoms with van der Waals surface area (Å²) < 4.78 is 5.75. The van der Waals surface area contributed by atoms with Gasteiger partial charge in [-0.25, -0.2) is 0 Å². The maximum absolute atomic E-state index is 5.75. The van der Waals surface area contributed by atoms with E-state index in [2.05, 4.69) is 17.1 Å². The summed E-state index contributed by atoms with van der Waals surface area (Å²) in [5.74, 6) is 0. The Kier molecular flexibility index (Phi) is 4.45. The van der Waals surface area contributed by atoms with Crippen molar-refractivity contribution in [1.29, 1.82) is 0 Å². The maximum Gasteiger partial charge on any atom is 0.0576 e. The molecule has 1 spiro atoms. The Balaban J connectivity index is 1.50. The molecule has 2 heterocycles. The predicted molar refractivity (Wildman–Crippen MR) is 78.4 cm³/mol. The fraction of sp³-hybridized carbons (Fsp3) is 1.00. The molecule has 19 heavy (non-hydrogen) atoms. The molecule has 0 bridgehead atoms. The van der Waals surface area contributed by atoms with Crippen LogP contribution in [-0.2, 0) is 4.74 Å². The predicted octanol–water partition coefficient (Wildman–Crippen LogP) is 2.55. The van der Waals surface area contributed by atoms with E-state index in [0.717, 1.165) is 6.61 Å². The first-order chi connectivity index (χ1) is 9.28. The van der Waals surface area contributed by atoms with Crippen molar-refractivity contribution in [2.45, 2.75) is 76.0 Å². The molecule has 2 aliphatic heterocycles. The lowest BCUT2D eigenvalue weighted by atomic mass is 9.90. The molecule has 3 nitrogen and oxygen atoms in total. The number of hydrogen-bond acceptors (Lipinski definition) is 3. The van der Waals surface area contributed by atoms with Crippen LogP contribution >= 0.6 is 0 Å². The Morgan fingerprint density at radius 2 is 2.11 bits per heavy atom. The van der Waals surface area contributed by atoms with Gasteiger partial charge in [0.15, 0.2) is 0 Å². The minimum Gasteiger partial charge on any atom is -0.378 e. The van der Waals surface area contributed by atoms with Gasteiger partial charge in [0.2, 0.25) is 0 Å². The van der Waals surface area contributed by atoms with E-state index in [1.807, 2.05) is 0 Å². The Hall–Kier alpha value is -0.120. The number of nitrogens with zero attached hydrogens (tertiary/aromatic N) is 1. The van der Waals surface area contributed by atoms with Gasteiger partial charge in [-0.05, 0) is 52.0 Å². The number of nitrogens with one attached hydrogen (secondary N) is 1. The molecule has 1 aliphatic carbocycles. The summed E-state index contributed by atoms with van der Waals surface area (Å²) in [6.07, 6.45) is 11.4. The molecular weight excluding hydrogens is 236 g/mol. The Morgan fingerprint density at radius 1 is 1.26 bits per heavy atom. The highest BCUT2D eigenvalue weighted by molar-refractivity contribution is 5.01. The largest absolute Gasteiger partial charge is 0.378 e. The van der Waals surface area contributed by atoms with Crippen molar-refractivity contribution in [3.63, 3.8) is 0 Å². The molecule has 1 N–H and O–H groups in total. The topological polar surface area (TPSA) is 24.5 Å². The van der Waals surface area contributed by atoms with Crippen LogP contribution in [0.5, 0.6) is 0 Å². The maximum atomic E-state index is 5.75. The van der Waals surface area contributed by atoms with E-state index in [0.29, 0.717) is 17.7 Å². The second-order valence-corrected chi connectivity index (χ2v) is 6.94. The van der Waals surface area contributed by atoms with Gasteiger partial charge in [0, 0.05) is 31.3 Å². The fourth-order valence-electron chi connectivity index (χ4n) is 4.30. The van der Waals surface area contributed by atoms with Crippen LogP contribution < -0.4 is 5.32 Å². The highest BCUT2D eigenvalue weighted by atomic mass is 16.5. The number of rotatable bonds is 4. The minimum atomic E-state index is 0.503. The molecule has 0 amide bonds. The molecule has 0 aromatic rings. The van der Waals surface area contributed by atoms with Crippen LogP contribution in [-0.4, -0.2) is 48.8 Å². The molecule has 2 saturated heterocycles. The first kappa shape index (κ1) is 13.8. The summed E-state index contributed by atoms with van der Waals surface area (Å²) in [6.45, 7) is 7.07. The number of ether oxygens (including phenoxy) is 1. The van der Waals surface area contributed by atoms with Crippen molar-refractivity contribution in [3.8, 4) is 0 Å². The molecule has 0 aromatic heterocycles. The molecule has 110 valence electrons. The SMILES string of the molecule is CC1CN(CCCC2CCCO2)C2(CCCC2)CN1.